The molecule has 1 saturated heterocycles. The zero-order chi connectivity index (χ0) is 16.2. The fourth-order valence-electron chi connectivity index (χ4n) is 2.79. The monoisotopic (exact) mass is 332 g/mol. The molecular weight excluding hydrogens is 316 g/mol. The van der Waals surface area contributed by atoms with Crippen LogP contribution >= 0.6 is 11.6 Å². The second-order valence-electron chi connectivity index (χ2n) is 5.55. The molecule has 0 saturated carbocycles. The summed E-state index contributed by atoms with van der Waals surface area (Å²) in [6.45, 7) is 2.44. The highest BCUT2D eigenvalue weighted by atomic mass is 35.5. The van der Waals surface area contributed by atoms with Crippen molar-refractivity contribution in [1.29, 1.82) is 5.26 Å². The first-order valence-corrected chi connectivity index (χ1v) is 7.99. The summed E-state index contributed by atoms with van der Waals surface area (Å²) in [6, 6.07) is 7.07. The summed E-state index contributed by atoms with van der Waals surface area (Å²) < 4.78 is 13.0. The Hall–Kier alpha value is -1.87. The third-order valence-corrected chi connectivity index (χ3v) is 4.20. The van der Waals surface area contributed by atoms with Crippen LogP contribution in [0.1, 0.15) is 18.4 Å². The molecule has 1 aromatic carbocycles. The Morgan fingerprint density at radius 3 is 3.09 bits per heavy atom. The van der Waals surface area contributed by atoms with Crippen LogP contribution in [-0.2, 0) is 16.0 Å². The molecule has 3 rings (SSSR count). The molecule has 1 aliphatic heterocycles. The molecule has 0 bridgehead atoms. The van der Waals surface area contributed by atoms with Crippen molar-refractivity contribution in [1.82, 2.24) is 4.57 Å². The van der Waals surface area contributed by atoms with Gasteiger partial charge in [0, 0.05) is 29.8 Å². The second kappa shape index (κ2) is 7.14. The molecule has 0 spiro atoms. The Labute approximate surface area is 139 Å². The number of hydrogen-bond donors (Lipinski definition) is 0. The molecule has 6 heteroatoms. The van der Waals surface area contributed by atoms with E-state index in [1.807, 2.05) is 10.6 Å². The predicted octanol–water partition coefficient (Wildman–Crippen LogP) is 2.72. The molecule has 2 heterocycles. The van der Waals surface area contributed by atoms with Gasteiger partial charge in [0.25, 0.3) is 0 Å². The summed E-state index contributed by atoms with van der Waals surface area (Å²) in [4.78, 5) is 12.2. The Bertz CT molecular complexity index is 804. The van der Waals surface area contributed by atoms with Gasteiger partial charge in [-0.1, -0.05) is 11.6 Å². The van der Waals surface area contributed by atoms with Gasteiger partial charge in [-0.2, -0.15) is 5.26 Å². The number of hydrogen-bond acceptors (Lipinski definition) is 4. The smallest absolute Gasteiger partial charge is 0.207 e. The molecule has 2 aromatic rings. The van der Waals surface area contributed by atoms with Gasteiger partial charge < -0.3 is 14.0 Å². The van der Waals surface area contributed by atoms with Crippen LogP contribution < -0.4 is 5.43 Å². The van der Waals surface area contributed by atoms with Crippen molar-refractivity contribution < 1.29 is 9.47 Å². The van der Waals surface area contributed by atoms with E-state index in [2.05, 4.69) is 0 Å². The normalized spacial score (nSPS) is 17.5. The summed E-state index contributed by atoms with van der Waals surface area (Å²) in [7, 11) is 0. The van der Waals surface area contributed by atoms with Crippen molar-refractivity contribution in [2.45, 2.75) is 25.5 Å². The van der Waals surface area contributed by atoms with E-state index in [0.29, 0.717) is 30.2 Å². The van der Waals surface area contributed by atoms with Crippen LogP contribution in [0, 0.1) is 11.3 Å². The van der Waals surface area contributed by atoms with E-state index in [-0.39, 0.29) is 17.1 Å². The van der Waals surface area contributed by atoms with Crippen LogP contribution in [0.5, 0.6) is 0 Å². The van der Waals surface area contributed by atoms with E-state index in [9.17, 15) is 4.79 Å². The van der Waals surface area contributed by atoms with Gasteiger partial charge in [0.2, 0.25) is 5.43 Å². The van der Waals surface area contributed by atoms with E-state index in [4.69, 9.17) is 26.3 Å². The summed E-state index contributed by atoms with van der Waals surface area (Å²) in [5, 5.41) is 10.1. The van der Waals surface area contributed by atoms with Crippen molar-refractivity contribution in [2.24, 2.45) is 0 Å². The third-order valence-electron chi connectivity index (χ3n) is 3.97. The minimum atomic E-state index is -0.290. The van der Waals surface area contributed by atoms with Gasteiger partial charge in [-0.3, -0.25) is 4.79 Å². The van der Waals surface area contributed by atoms with E-state index >= 15 is 0 Å². The Kier molecular flexibility index (Phi) is 4.97. The highest BCUT2D eigenvalue weighted by Crippen LogP contribution is 2.18. The number of pyridine rings is 1. The molecule has 0 N–H and O–H groups in total. The maximum Gasteiger partial charge on any atom is 0.207 e. The quantitative estimate of drug-likeness (QED) is 0.790. The average molecular weight is 333 g/mol. The van der Waals surface area contributed by atoms with Gasteiger partial charge in [0.15, 0.2) is 0 Å². The number of nitriles is 1. The zero-order valence-corrected chi connectivity index (χ0v) is 13.4. The first kappa shape index (κ1) is 16.0. The maximum atomic E-state index is 12.2. The highest BCUT2D eigenvalue weighted by molar-refractivity contribution is 6.31. The second-order valence-corrected chi connectivity index (χ2v) is 5.98. The van der Waals surface area contributed by atoms with Crippen molar-refractivity contribution in [3.05, 3.63) is 45.2 Å². The molecule has 0 radical (unpaired) electrons. The lowest BCUT2D eigenvalue weighted by atomic mass is 10.1. The fourth-order valence-corrected chi connectivity index (χ4v) is 2.96. The van der Waals surface area contributed by atoms with Crippen LogP contribution in [0.3, 0.4) is 0 Å². The summed E-state index contributed by atoms with van der Waals surface area (Å²) in [6.07, 6.45) is 3.89. The standard InChI is InChI=1S/C17H17ClN2O3/c18-13-3-4-16-15(8-13)17(21)12(9-19)10-20(16)5-7-22-11-14-2-1-6-23-14/h3-4,8,10,14H,1-2,5-7,11H2/t14-/m0/s1. The minimum Gasteiger partial charge on any atom is -0.377 e. The van der Waals surface area contributed by atoms with Crippen LogP contribution in [0.4, 0.5) is 0 Å². The number of ether oxygens (including phenoxy) is 2. The lowest BCUT2D eigenvalue weighted by Crippen LogP contribution is -2.18. The van der Waals surface area contributed by atoms with E-state index in [1.165, 1.54) is 0 Å². The van der Waals surface area contributed by atoms with Gasteiger partial charge in [0.1, 0.15) is 11.6 Å². The van der Waals surface area contributed by atoms with Crippen LogP contribution in [-0.4, -0.2) is 30.5 Å². The molecular formula is C17H17ClN2O3. The first-order chi connectivity index (χ1) is 11.2. The molecule has 5 nitrogen and oxygen atoms in total. The van der Waals surface area contributed by atoms with Crippen LogP contribution in [0.25, 0.3) is 10.9 Å². The number of fused-ring (bicyclic) bond motifs is 1. The molecule has 23 heavy (non-hydrogen) atoms. The van der Waals surface area contributed by atoms with Gasteiger partial charge in [-0.15, -0.1) is 0 Å². The predicted molar refractivity (Wildman–Crippen MR) is 87.7 cm³/mol. The number of halogens is 1. The summed E-state index contributed by atoms with van der Waals surface area (Å²) in [5.41, 5.74) is 0.569. The fraction of sp³-hybridized carbons (Fsp3) is 0.412. The van der Waals surface area contributed by atoms with Crippen molar-refractivity contribution in [2.75, 3.05) is 19.8 Å². The molecule has 0 unspecified atom stereocenters. The SMILES string of the molecule is N#Cc1cn(CCOC[C@@H]2CCCO2)c2ccc(Cl)cc2c1=O. The minimum absolute atomic E-state index is 0.110. The van der Waals surface area contributed by atoms with E-state index in [1.54, 1.807) is 24.4 Å². The Morgan fingerprint density at radius 1 is 1.48 bits per heavy atom. The topological polar surface area (TPSA) is 64.2 Å². The lowest BCUT2D eigenvalue weighted by Gasteiger charge is -2.14. The number of benzene rings is 1. The van der Waals surface area contributed by atoms with Crippen LogP contribution in [0.2, 0.25) is 5.02 Å². The highest BCUT2D eigenvalue weighted by Gasteiger charge is 2.15. The molecule has 1 fully saturated rings. The summed E-state index contributed by atoms with van der Waals surface area (Å²) in [5.74, 6) is 0. The zero-order valence-electron chi connectivity index (χ0n) is 12.6. The average Bonchev–Trinajstić information content (AvgIpc) is 3.07. The van der Waals surface area contributed by atoms with Crippen molar-refractivity contribution >= 4 is 22.5 Å². The Balaban J connectivity index is 1.78. The van der Waals surface area contributed by atoms with Crippen LogP contribution in [0.15, 0.2) is 29.2 Å². The van der Waals surface area contributed by atoms with Gasteiger partial charge in [-0.05, 0) is 31.0 Å². The summed E-state index contributed by atoms with van der Waals surface area (Å²) >= 11 is 5.97. The number of nitrogens with zero attached hydrogens (tertiary/aromatic N) is 2. The largest absolute Gasteiger partial charge is 0.377 e. The number of rotatable bonds is 5. The molecule has 1 atom stereocenters. The molecule has 1 aliphatic rings. The van der Waals surface area contributed by atoms with E-state index < -0.39 is 0 Å². The molecule has 0 aliphatic carbocycles. The number of aromatic nitrogens is 1. The van der Waals surface area contributed by atoms with Gasteiger partial charge >= 0.3 is 0 Å². The Morgan fingerprint density at radius 2 is 2.35 bits per heavy atom. The van der Waals surface area contributed by atoms with Crippen molar-refractivity contribution in [3.8, 4) is 6.07 Å². The van der Waals surface area contributed by atoms with E-state index in [0.717, 1.165) is 25.0 Å². The molecule has 1 aromatic heterocycles. The third kappa shape index (κ3) is 3.56. The maximum absolute atomic E-state index is 12.2. The molecule has 0 amide bonds. The van der Waals surface area contributed by atoms with Gasteiger partial charge in [0.05, 0.1) is 24.8 Å². The lowest BCUT2D eigenvalue weighted by molar-refractivity contribution is 0.0151. The first-order valence-electron chi connectivity index (χ1n) is 7.61. The van der Waals surface area contributed by atoms with Gasteiger partial charge in [-0.25, -0.2) is 0 Å². The van der Waals surface area contributed by atoms with Crippen molar-refractivity contribution in [3.63, 3.8) is 0 Å². The molecule has 120 valence electrons.